The molecule has 2 aromatic heterocycles. The lowest BCUT2D eigenvalue weighted by atomic mass is 10.1. The number of H-pyrrole nitrogens is 1. The summed E-state index contributed by atoms with van der Waals surface area (Å²) < 4.78 is 44.5. The van der Waals surface area contributed by atoms with Gasteiger partial charge in [0.1, 0.15) is 11.4 Å². The number of benzene rings is 2. The first-order valence-corrected chi connectivity index (χ1v) is 9.03. The number of hydrogen-bond acceptors (Lipinski definition) is 6. The van der Waals surface area contributed by atoms with Crippen LogP contribution in [-0.2, 0) is 0 Å². The molecular formula is C22H16F2N4O3. The number of aromatic amines is 1. The molecular weight excluding hydrogens is 406 g/mol. The van der Waals surface area contributed by atoms with E-state index in [1.54, 1.807) is 19.2 Å². The molecule has 2 aromatic carbocycles. The van der Waals surface area contributed by atoms with E-state index in [1.165, 1.54) is 20.4 Å². The Morgan fingerprint density at radius 1 is 0.903 bits per heavy atom. The number of nitrogens with one attached hydrogen (secondary N) is 1. The van der Waals surface area contributed by atoms with Gasteiger partial charge in [0.25, 0.3) is 0 Å². The van der Waals surface area contributed by atoms with Crippen molar-refractivity contribution in [2.45, 2.75) is 0 Å². The van der Waals surface area contributed by atoms with Gasteiger partial charge in [0.05, 0.1) is 32.3 Å². The predicted molar refractivity (Wildman–Crippen MR) is 109 cm³/mol. The van der Waals surface area contributed by atoms with Gasteiger partial charge in [0, 0.05) is 17.8 Å². The van der Waals surface area contributed by atoms with Crippen LogP contribution in [0.25, 0.3) is 22.4 Å². The second kappa shape index (κ2) is 8.28. The molecule has 0 spiro atoms. The Morgan fingerprint density at radius 2 is 1.58 bits per heavy atom. The molecule has 0 atom stereocenters. The average Bonchev–Trinajstić information content (AvgIpc) is 3.20. The summed E-state index contributed by atoms with van der Waals surface area (Å²) in [5, 5.41) is 7.36. The highest BCUT2D eigenvalue weighted by atomic mass is 19.1. The van der Waals surface area contributed by atoms with E-state index < -0.39 is 17.2 Å². The van der Waals surface area contributed by atoms with E-state index in [-0.39, 0.29) is 23.0 Å². The average molecular weight is 422 g/mol. The number of rotatable bonds is 4. The topological polar surface area (TPSA) is 82.2 Å². The Labute approximate surface area is 176 Å². The van der Waals surface area contributed by atoms with Crippen LogP contribution in [0.15, 0.2) is 36.5 Å². The lowest BCUT2D eigenvalue weighted by Crippen LogP contribution is -2.01. The second-order valence-electron chi connectivity index (χ2n) is 6.29. The van der Waals surface area contributed by atoms with Crippen LogP contribution < -0.4 is 14.2 Å². The van der Waals surface area contributed by atoms with Crippen molar-refractivity contribution in [1.29, 1.82) is 0 Å². The molecule has 0 unspecified atom stereocenters. The zero-order chi connectivity index (χ0) is 22.0. The predicted octanol–water partition coefficient (Wildman–Crippen LogP) is 3.72. The summed E-state index contributed by atoms with van der Waals surface area (Å²) in [5.41, 5.74) is 0.992. The smallest absolute Gasteiger partial charge is 0.179 e. The van der Waals surface area contributed by atoms with E-state index >= 15 is 0 Å². The van der Waals surface area contributed by atoms with Gasteiger partial charge in [-0.25, -0.2) is 18.7 Å². The Bertz CT molecular complexity index is 1300. The van der Waals surface area contributed by atoms with Gasteiger partial charge in [-0.2, -0.15) is 5.10 Å². The van der Waals surface area contributed by atoms with Gasteiger partial charge in [-0.3, -0.25) is 5.10 Å². The third-order valence-corrected chi connectivity index (χ3v) is 4.53. The summed E-state index contributed by atoms with van der Waals surface area (Å²) in [6.45, 7) is 0. The fraction of sp³-hybridized carbons (Fsp3) is 0.136. The molecule has 0 amide bonds. The normalized spacial score (nSPS) is 10.5. The summed E-state index contributed by atoms with van der Waals surface area (Å²) in [6, 6.07) is 8.35. The van der Waals surface area contributed by atoms with E-state index in [2.05, 4.69) is 32.0 Å². The first-order chi connectivity index (χ1) is 15.0. The van der Waals surface area contributed by atoms with Gasteiger partial charge in [0.2, 0.25) is 0 Å². The standard InChI is InChI=1S/C22H16F2N4O3/c1-29-13-7-4-12(5-8-13)6-9-15-14-11-25-22(26-21(14)28-27-15)18-19(23)16(30-2)10-17(31-3)20(18)24/h4-5,7-8,10-11H,1-3H3,(H,25,26,27,28). The Kier molecular flexibility index (Phi) is 5.37. The number of hydrogen-bond donors (Lipinski definition) is 1. The first kappa shape index (κ1) is 20.1. The largest absolute Gasteiger partial charge is 0.497 e. The number of halogens is 2. The summed E-state index contributed by atoms with van der Waals surface area (Å²) in [6.07, 6.45) is 1.41. The lowest BCUT2D eigenvalue weighted by Gasteiger charge is -2.11. The molecule has 31 heavy (non-hydrogen) atoms. The van der Waals surface area contributed by atoms with Crippen LogP contribution in [0.2, 0.25) is 0 Å². The van der Waals surface area contributed by atoms with Crippen LogP contribution in [0.4, 0.5) is 8.78 Å². The zero-order valence-electron chi connectivity index (χ0n) is 16.8. The molecule has 0 aliphatic heterocycles. The van der Waals surface area contributed by atoms with E-state index in [4.69, 9.17) is 14.2 Å². The quantitative estimate of drug-likeness (QED) is 0.505. The molecule has 2 heterocycles. The van der Waals surface area contributed by atoms with Gasteiger partial charge < -0.3 is 14.2 Å². The van der Waals surface area contributed by atoms with Gasteiger partial charge in [0.15, 0.2) is 34.6 Å². The van der Waals surface area contributed by atoms with Crippen molar-refractivity contribution < 1.29 is 23.0 Å². The van der Waals surface area contributed by atoms with E-state index in [1.807, 2.05) is 12.1 Å². The molecule has 9 heteroatoms. The SMILES string of the molecule is COc1ccc(C#Cc2n[nH]c3nc(-c4c(F)c(OC)cc(OC)c4F)ncc23)cc1. The molecule has 0 bridgehead atoms. The van der Waals surface area contributed by atoms with E-state index in [0.29, 0.717) is 11.1 Å². The van der Waals surface area contributed by atoms with Crippen LogP contribution in [0.3, 0.4) is 0 Å². The van der Waals surface area contributed by atoms with Gasteiger partial charge >= 0.3 is 0 Å². The summed E-state index contributed by atoms with van der Waals surface area (Å²) in [7, 11) is 4.13. The Hall–Kier alpha value is -4.19. The van der Waals surface area contributed by atoms with Crippen molar-refractivity contribution >= 4 is 11.0 Å². The Morgan fingerprint density at radius 3 is 2.19 bits per heavy atom. The molecule has 156 valence electrons. The van der Waals surface area contributed by atoms with Gasteiger partial charge in [-0.05, 0) is 30.2 Å². The monoisotopic (exact) mass is 422 g/mol. The van der Waals surface area contributed by atoms with Crippen molar-refractivity contribution in [3.05, 3.63) is 59.4 Å². The van der Waals surface area contributed by atoms with Gasteiger partial charge in [-0.15, -0.1) is 0 Å². The highest BCUT2D eigenvalue weighted by Crippen LogP contribution is 2.36. The number of fused-ring (bicyclic) bond motifs is 1. The highest BCUT2D eigenvalue weighted by Gasteiger charge is 2.24. The van der Waals surface area contributed by atoms with Gasteiger partial charge in [-0.1, -0.05) is 5.92 Å². The third kappa shape index (κ3) is 3.71. The molecule has 4 rings (SSSR count). The molecule has 0 aliphatic carbocycles. The van der Waals surface area contributed by atoms with E-state index in [9.17, 15) is 8.78 Å². The molecule has 0 saturated carbocycles. The molecule has 0 saturated heterocycles. The van der Waals surface area contributed by atoms with Crippen molar-refractivity contribution in [2.24, 2.45) is 0 Å². The van der Waals surface area contributed by atoms with Crippen LogP contribution in [0.1, 0.15) is 11.3 Å². The minimum Gasteiger partial charge on any atom is -0.497 e. The molecule has 0 fully saturated rings. The summed E-state index contributed by atoms with van der Waals surface area (Å²) >= 11 is 0. The number of methoxy groups -OCH3 is 3. The highest BCUT2D eigenvalue weighted by molar-refractivity contribution is 5.82. The zero-order valence-corrected chi connectivity index (χ0v) is 16.8. The molecule has 0 aliphatic rings. The van der Waals surface area contributed by atoms with Crippen molar-refractivity contribution in [2.75, 3.05) is 21.3 Å². The first-order valence-electron chi connectivity index (χ1n) is 9.03. The van der Waals surface area contributed by atoms with E-state index in [0.717, 1.165) is 17.4 Å². The van der Waals surface area contributed by atoms with Crippen LogP contribution in [0, 0.1) is 23.5 Å². The van der Waals surface area contributed by atoms with Crippen LogP contribution >= 0.6 is 0 Å². The maximum absolute atomic E-state index is 14.7. The minimum absolute atomic E-state index is 0.182. The number of nitrogens with zero attached hydrogens (tertiary/aromatic N) is 3. The maximum Gasteiger partial charge on any atom is 0.179 e. The van der Waals surface area contributed by atoms with Crippen LogP contribution in [0.5, 0.6) is 17.2 Å². The summed E-state index contributed by atoms with van der Waals surface area (Å²) in [5.74, 6) is 4.23. The maximum atomic E-state index is 14.7. The van der Waals surface area contributed by atoms with Crippen molar-refractivity contribution in [3.63, 3.8) is 0 Å². The summed E-state index contributed by atoms with van der Waals surface area (Å²) in [4.78, 5) is 8.33. The number of ether oxygens (including phenoxy) is 3. The third-order valence-electron chi connectivity index (χ3n) is 4.53. The molecule has 1 N–H and O–H groups in total. The fourth-order valence-corrected chi connectivity index (χ4v) is 2.91. The second-order valence-corrected chi connectivity index (χ2v) is 6.29. The number of aromatic nitrogens is 4. The Balaban J connectivity index is 1.74. The lowest BCUT2D eigenvalue weighted by molar-refractivity contribution is 0.359. The molecule has 4 aromatic rings. The van der Waals surface area contributed by atoms with Crippen LogP contribution in [-0.4, -0.2) is 41.5 Å². The molecule has 0 radical (unpaired) electrons. The fourth-order valence-electron chi connectivity index (χ4n) is 2.91. The van der Waals surface area contributed by atoms with Crippen molar-refractivity contribution in [3.8, 4) is 40.5 Å². The molecule has 7 nitrogen and oxygen atoms in total. The minimum atomic E-state index is -0.931. The van der Waals surface area contributed by atoms with Crippen molar-refractivity contribution in [1.82, 2.24) is 20.2 Å².